The second kappa shape index (κ2) is 4.30. The van der Waals surface area contributed by atoms with E-state index in [0.717, 1.165) is 19.6 Å². The third kappa shape index (κ3) is 2.70. The molecule has 1 heterocycles. The first kappa shape index (κ1) is 9.32. The molecule has 4 heteroatoms. The molecule has 1 aliphatic rings. The SMILES string of the molecule is CN(CC1CCCNC1)C(N)=O. The smallest absolute Gasteiger partial charge is 0.314 e. The van der Waals surface area contributed by atoms with Crippen LogP contribution in [-0.2, 0) is 0 Å². The summed E-state index contributed by atoms with van der Waals surface area (Å²) in [5.41, 5.74) is 5.12. The Hall–Kier alpha value is -0.770. The molecule has 1 atom stereocenters. The van der Waals surface area contributed by atoms with E-state index in [0.29, 0.717) is 5.92 Å². The largest absolute Gasteiger partial charge is 0.351 e. The Morgan fingerprint density at radius 3 is 3.00 bits per heavy atom. The van der Waals surface area contributed by atoms with Crippen molar-refractivity contribution >= 4 is 6.03 Å². The van der Waals surface area contributed by atoms with Crippen LogP contribution in [0.15, 0.2) is 0 Å². The number of hydrogen-bond acceptors (Lipinski definition) is 2. The van der Waals surface area contributed by atoms with Crippen LogP contribution in [-0.4, -0.2) is 37.6 Å². The summed E-state index contributed by atoms with van der Waals surface area (Å²) in [7, 11) is 1.75. The number of nitrogens with two attached hydrogens (primary N) is 1. The highest BCUT2D eigenvalue weighted by Gasteiger charge is 2.15. The molecule has 0 aromatic carbocycles. The molecular weight excluding hydrogens is 154 g/mol. The van der Waals surface area contributed by atoms with Crippen LogP contribution in [0, 0.1) is 5.92 Å². The van der Waals surface area contributed by atoms with Crippen LogP contribution in [0.5, 0.6) is 0 Å². The highest BCUT2D eigenvalue weighted by Crippen LogP contribution is 2.10. The molecule has 0 aliphatic carbocycles. The first-order valence-corrected chi connectivity index (χ1v) is 4.41. The van der Waals surface area contributed by atoms with Crippen LogP contribution in [0.25, 0.3) is 0 Å². The lowest BCUT2D eigenvalue weighted by molar-refractivity contribution is 0.204. The second-order valence-corrected chi connectivity index (χ2v) is 3.43. The van der Waals surface area contributed by atoms with Crippen molar-refractivity contribution in [2.75, 3.05) is 26.7 Å². The van der Waals surface area contributed by atoms with E-state index in [4.69, 9.17) is 5.73 Å². The van der Waals surface area contributed by atoms with Crippen molar-refractivity contribution in [1.29, 1.82) is 0 Å². The summed E-state index contributed by atoms with van der Waals surface area (Å²) in [6.07, 6.45) is 2.40. The average molecular weight is 171 g/mol. The molecule has 12 heavy (non-hydrogen) atoms. The van der Waals surface area contributed by atoms with E-state index in [1.54, 1.807) is 11.9 Å². The molecule has 1 saturated heterocycles. The minimum atomic E-state index is -0.333. The van der Waals surface area contributed by atoms with Crippen LogP contribution in [0.2, 0.25) is 0 Å². The molecule has 0 radical (unpaired) electrons. The number of rotatable bonds is 2. The van der Waals surface area contributed by atoms with Crippen LogP contribution in [0.3, 0.4) is 0 Å². The van der Waals surface area contributed by atoms with Crippen molar-refractivity contribution in [3.63, 3.8) is 0 Å². The zero-order valence-electron chi connectivity index (χ0n) is 7.55. The molecule has 0 aromatic heterocycles. The quantitative estimate of drug-likeness (QED) is 0.614. The van der Waals surface area contributed by atoms with Gasteiger partial charge in [-0.1, -0.05) is 0 Å². The molecule has 3 N–H and O–H groups in total. The first-order valence-electron chi connectivity index (χ1n) is 4.41. The van der Waals surface area contributed by atoms with E-state index < -0.39 is 0 Å². The van der Waals surface area contributed by atoms with Crippen LogP contribution in [0.1, 0.15) is 12.8 Å². The van der Waals surface area contributed by atoms with Gasteiger partial charge in [0.2, 0.25) is 0 Å². The summed E-state index contributed by atoms with van der Waals surface area (Å²) in [6.45, 7) is 2.90. The van der Waals surface area contributed by atoms with Gasteiger partial charge in [0, 0.05) is 13.6 Å². The predicted octanol–water partition coefficient (Wildman–Crippen LogP) is -0.00350. The minimum Gasteiger partial charge on any atom is -0.351 e. The topological polar surface area (TPSA) is 58.4 Å². The molecule has 0 saturated carbocycles. The summed E-state index contributed by atoms with van der Waals surface area (Å²) < 4.78 is 0. The van der Waals surface area contributed by atoms with Gasteiger partial charge in [-0.3, -0.25) is 0 Å². The third-order valence-electron chi connectivity index (χ3n) is 2.31. The molecule has 0 aromatic rings. The number of amides is 2. The van der Waals surface area contributed by atoms with Crippen LogP contribution < -0.4 is 11.1 Å². The molecule has 4 nitrogen and oxygen atoms in total. The Balaban J connectivity index is 2.24. The van der Waals surface area contributed by atoms with Crippen molar-refractivity contribution in [3.8, 4) is 0 Å². The van der Waals surface area contributed by atoms with Crippen molar-refractivity contribution in [2.24, 2.45) is 11.7 Å². The minimum absolute atomic E-state index is 0.333. The summed E-state index contributed by atoms with van der Waals surface area (Å²) >= 11 is 0. The Kier molecular flexibility index (Phi) is 3.34. The maximum absolute atomic E-state index is 10.7. The van der Waals surface area contributed by atoms with E-state index in [1.807, 2.05) is 0 Å². The lowest BCUT2D eigenvalue weighted by Crippen LogP contribution is -2.41. The van der Waals surface area contributed by atoms with Crippen molar-refractivity contribution in [1.82, 2.24) is 10.2 Å². The zero-order valence-corrected chi connectivity index (χ0v) is 7.55. The summed E-state index contributed by atoms with van der Waals surface area (Å²) in [5.74, 6) is 0.580. The normalized spacial score (nSPS) is 23.6. The Bertz CT molecular complexity index is 154. The molecule has 1 aliphatic heterocycles. The summed E-state index contributed by atoms with van der Waals surface area (Å²) in [5, 5.41) is 3.30. The summed E-state index contributed by atoms with van der Waals surface area (Å²) in [4.78, 5) is 12.3. The summed E-state index contributed by atoms with van der Waals surface area (Å²) in [6, 6.07) is -0.333. The number of carbonyl (C=O) groups excluding carboxylic acids is 1. The van der Waals surface area contributed by atoms with Crippen molar-refractivity contribution < 1.29 is 4.79 Å². The van der Waals surface area contributed by atoms with Gasteiger partial charge in [0.05, 0.1) is 0 Å². The molecule has 2 amide bonds. The van der Waals surface area contributed by atoms with E-state index in [9.17, 15) is 4.79 Å². The number of primary amides is 1. The molecule has 70 valence electrons. The molecule has 0 spiro atoms. The van der Waals surface area contributed by atoms with E-state index in [2.05, 4.69) is 5.32 Å². The number of nitrogens with zero attached hydrogens (tertiary/aromatic N) is 1. The molecule has 1 fully saturated rings. The Labute approximate surface area is 73.1 Å². The maximum atomic E-state index is 10.7. The lowest BCUT2D eigenvalue weighted by atomic mass is 9.99. The predicted molar refractivity (Wildman–Crippen MR) is 47.8 cm³/mol. The number of nitrogens with one attached hydrogen (secondary N) is 1. The lowest BCUT2D eigenvalue weighted by Gasteiger charge is -2.26. The zero-order chi connectivity index (χ0) is 8.97. The van der Waals surface area contributed by atoms with Gasteiger partial charge in [-0.2, -0.15) is 0 Å². The van der Waals surface area contributed by atoms with E-state index in [-0.39, 0.29) is 6.03 Å². The van der Waals surface area contributed by atoms with E-state index >= 15 is 0 Å². The van der Waals surface area contributed by atoms with Gasteiger partial charge in [0.15, 0.2) is 0 Å². The van der Waals surface area contributed by atoms with Crippen LogP contribution in [0.4, 0.5) is 4.79 Å². The van der Waals surface area contributed by atoms with Crippen molar-refractivity contribution in [3.05, 3.63) is 0 Å². The molecule has 0 bridgehead atoms. The highest BCUT2D eigenvalue weighted by atomic mass is 16.2. The monoisotopic (exact) mass is 171 g/mol. The maximum Gasteiger partial charge on any atom is 0.314 e. The van der Waals surface area contributed by atoms with Gasteiger partial charge in [0.1, 0.15) is 0 Å². The van der Waals surface area contributed by atoms with Gasteiger partial charge in [-0.15, -0.1) is 0 Å². The average Bonchev–Trinajstić information content (AvgIpc) is 2.06. The van der Waals surface area contributed by atoms with Gasteiger partial charge in [-0.05, 0) is 31.8 Å². The molecule has 1 rings (SSSR count). The van der Waals surface area contributed by atoms with Gasteiger partial charge >= 0.3 is 6.03 Å². The molecular formula is C8H17N3O. The fraction of sp³-hybridized carbons (Fsp3) is 0.875. The van der Waals surface area contributed by atoms with Crippen molar-refractivity contribution in [2.45, 2.75) is 12.8 Å². The fourth-order valence-electron chi connectivity index (χ4n) is 1.56. The first-order chi connectivity index (χ1) is 5.70. The highest BCUT2D eigenvalue weighted by molar-refractivity contribution is 5.71. The molecule has 1 unspecified atom stereocenters. The third-order valence-corrected chi connectivity index (χ3v) is 2.31. The Morgan fingerprint density at radius 2 is 2.50 bits per heavy atom. The number of hydrogen-bond donors (Lipinski definition) is 2. The second-order valence-electron chi connectivity index (χ2n) is 3.43. The number of piperidine rings is 1. The van der Waals surface area contributed by atoms with Gasteiger partial charge in [0.25, 0.3) is 0 Å². The van der Waals surface area contributed by atoms with Crippen LogP contribution >= 0.6 is 0 Å². The number of carbonyl (C=O) groups is 1. The number of urea groups is 1. The Morgan fingerprint density at radius 1 is 1.75 bits per heavy atom. The van der Waals surface area contributed by atoms with Gasteiger partial charge in [-0.25, -0.2) is 4.79 Å². The van der Waals surface area contributed by atoms with E-state index in [1.165, 1.54) is 12.8 Å². The fourth-order valence-corrected chi connectivity index (χ4v) is 1.56. The standard InChI is InChI=1S/C8H17N3O/c1-11(8(9)12)6-7-3-2-4-10-5-7/h7,10H,2-6H2,1H3,(H2,9,12). The van der Waals surface area contributed by atoms with Gasteiger partial charge < -0.3 is 16.0 Å².